The molecule has 0 aliphatic carbocycles. The van der Waals surface area contributed by atoms with E-state index in [-0.39, 0.29) is 0 Å². The molecule has 1 aliphatic heterocycles. The summed E-state index contributed by atoms with van der Waals surface area (Å²) >= 11 is 5.61. The number of alkyl halides is 1. The molecular weight excluding hydrogens is 236 g/mol. The molecule has 1 saturated heterocycles. The third kappa shape index (κ3) is 2.04. The van der Waals surface area contributed by atoms with Gasteiger partial charge in [0.15, 0.2) is 0 Å². The second-order valence-corrected chi connectivity index (χ2v) is 5.81. The molecule has 0 amide bonds. The Kier molecular flexibility index (Phi) is 3.04. The third-order valence-corrected chi connectivity index (χ3v) is 4.73. The number of hydrogen-bond acceptors (Lipinski definition) is 2. The minimum absolute atomic E-state index is 0.301. The Bertz CT molecular complexity index is 435. The summed E-state index contributed by atoms with van der Waals surface area (Å²) in [7, 11) is -3.28. The van der Waals surface area contributed by atoms with Crippen molar-refractivity contribution in [3.8, 4) is 0 Å². The molecule has 0 spiro atoms. The largest absolute Gasteiger partial charge is 0.363 e. The van der Waals surface area contributed by atoms with Gasteiger partial charge in [0.25, 0.3) is 0 Å². The number of halogens is 1. The average Bonchev–Trinajstić information content (AvgIpc) is 2.89. The van der Waals surface area contributed by atoms with Crippen LogP contribution in [0.25, 0.3) is 0 Å². The molecule has 0 aromatic carbocycles. The summed E-state index contributed by atoms with van der Waals surface area (Å²) in [5.41, 5.74) is 0.731. The van der Waals surface area contributed by atoms with Crippen LogP contribution in [0.2, 0.25) is 0 Å². The van der Waals surface area contributed by atoms with E-state index < -0.39 is 10.0 Å². The molecule has 1 aliphatic rings. The van der Waals surface area contributed by atoms with E-state index in [0.29, 0.717) is 23.9 Å². The molecule has 84 valence electrons. The van der Waals surface area contributed by atoms with Crippen molar-refractivity contribution in [1.29, 1.82) is 0 Å². The van der Waals surface area contributed by atoms with Crippen molar-refractivity contribution >= 4 is 21.6 Å². The number of nitrogens with zero attached hydrogens (tertiary/aromatic N) is 1. The van der Waals surface area contributed by atoms with Crippen LogP contribution in [0.15, 0.2) is 17.2 Å². The lowest BCUT2D eigenvalue weighted by Crippen LogP contribution is -2.27. The molecule has 1 aromatic heterocycles. The Morgan fingerprint density at radius 3 is 2.60 bits per heavy atom. The van der Waals surface area contributed by atoms with Gasteiger partial charge in [0, 0.05) is 25.0 Å². The van der Waals surface area contributed by atoms with Crippen molar-refractivity contribution in [2.75, 3.05) is 13.1 Å². The zero-order valence-electron chi connectivity index (χ0n) is 8.24. The summed E-state index contributed by atoms with van der Waals surface area (Å²) in [6.07, 6.45) is 3.41. The number of sulfonamides is 1. The van der Waals surface area contributed by atoms with Crippen LogP contribution in [0.3, 0.4) is 0 Å². The van der Waals surface area contributed by atoms with Crippen molar-refractivity contribution in [3.63, 3.8) is 0 Å². The minimum atomic E-state index is -3.28. The first-order valence-electron chi connectivity index (χ1n) is 4.88. The molecule has 0 saturated carbocycles. The zero-order chi connectivity index (χ0) is 10.9. The second kappa shape index (κ2) is 4.15. The summed E-state index contributed by atoms with van der Waals surface area (Å²) in [6, 6.07) is 1.60. The van der Waals surface area contributed by atoms with Gasteiger partial charge < -0.3 is 4.98 Å². The highest BCUT2D eigenvalue weighted by atomic mass is 35.5. The first-order chi connectivity index (χ1) is 7.14. The summed E-state index contributed by atoms with van der Waals surface area (Å²) in [6.45, 7) is 1.26. The van der Waals surface area contributed by atoms with E-state index in [1.54, 1.807) is 6.07 Å². The molecule has 1 aromatic rings. The van der Waals surface area contributed by atoms with Gasteiger partial charge in [-0.15, -0.1) is 11.6 Å². The van der Waals surface area contributed by atoms with Crippen LogP contribution < -0.4 is 0 Å². The van der Waals surface area contributed by atoms with Gasteiger partial charge in [0.05, 0.1) is 10.8 Å². The van der Waals surface area contributed by atoms with Gasteiger partial charge in [-0.25, -0.2) is 8.42 Å². The molecule has 1 fully saturated rings. The third-order valence-electron chi connectivity index (χ3n) is 2.56. The highest BCUT2D eigenvalue weighted by Crippen LogP contribution is 2.21. The van der Waals surface area contributed by atoms with E-state index in [4.69, 9.17) is 11.6 Å². The van der Waals surface area contributed by atoms with Gasteiger partial charge >= 0.3 is 0 Å². The molecule has 0 atom stereocenters. The first-order valence-corrected chi connectivity index (χ1v) is 6.85. The minimum Gasteiger partial charge on any atom is -0.363 e. The number of hydrogen-bond donors (Lipinski definition) is 1. The van der Waals surface area contributed by atoms with Crippen molar-refractivity contribution in [2.45, 2.75) is 23.6 Å². The summed E-state index contributed by atoms with van der Waals surface area (Å²) in [5, 5.41) is 0. The summed E-state index contributed by atoms with van der Waals surface area (Å²) in [5.74, 6) is 0.301. The van der Waals surface area contributed by atoms with Crippen molar-refractivity contribution < 1.29 is 8.42 Å². The van der Waals surface area contributed by atoms with E-state index in [1.165, 1.54) is 10.5 Å². The van der Waals surface area contributed by atoms with Crippen molar-refractivity contribution in [1.82, 2.24) is 9.29 Å². The number of nitrogens with one attached hydrogen (secondary N) is 1. The number of H-pyrrole nitrogens is 1. The van der Waals surface area contributed by atoms with E-state index in [0.717, 1.165) is 18.5 Å². The number of rotatable bonds is 3. The predicted octanol–water partition coefficient (Wildman–Crippen LogP) is 1.54. The Morgan fingerprint density at radius 2 is 2.07 bits per heavy atom. The normalized spacial score (nSPS) is 18.5. The zero-order valence-corrected chi connectivity index (χ0v) is 9.81. The maximum absolute atomic E-state index is 12.0. The molecule has 1 N–H and O–H groups in total. The highest BCUT2D eigenvalue weighted by molar-refractivity contribution is 7.89. The highest BCUT2D eigenvalue weighted by Gasteiger charge is 2.27. The van der Waals surface area contributed by atoms with Crippen molar-refractivity contribution in [2.24, 2.45) is 0 Å². The van der Waals surface area contributed by atoms with Crippen LogP contribution in [0.1, 0.15) is 18.5 Å². The molecular formula is C9H13ClN2O2S. The molecule has 15 heavy (non-hydrogen) atoms. The SMILES string of the molecule is O=S(=O)(c1c[nH]c(CCl)c1)N1CCCC1. The smallest absolute Gasteiger partial charge is 0.244 e. The Hall–Kier alpha value is -0.520. The number of aromatic amines is 1. The summed E-state index contributed by atoms with van der Waals surface area (Å²) < 4.78 is 25.6. The fourth-order valence-electron chi connectivity index (χ4n) is 1.72. The molecule has 0 radical (unpaired) electrons. The lowest BCUT2D eigenvalue weighted by molar-refractivity contribution is 0.477. The van der Waals surface area contributed by atoms with E-state index in [1.807, 2.05) is 0 Å². The Labute approximate surface area is 94.3 Å². The fourth-order valence-corrected chi connectivity index (χ4v) is 3.41. The monoisotopic (exact) mass is 248 g/mol. The molecule has 2 rings (SSSR count). The fraction of sp³-hybridized carbons (Fsp3) is 0.556. The van der Waals surface area contributed by atoms with Gasteiger partial charge in [-0.2, -0.15) is 4.31 Å². The molecule has 0 bridgehead atoms. The van der Waals surface area contributed by atoms with Crippen LogP contribution in [0.5, 0.6) is 0 Å². The van der Waals surface area contributed by atoms with Crippen LogP contribution >= 0.6 is 11.6 Å². The molecule has 4 nitrogen and oxygen atoms in total. The van der Waals surface area contributed by atoms with E-state index in [2.05, 4.69) is 4.98 Å². The molecule has 6 heteroatoms. The standard InChI is InChI=1S/C9H13ClN2O2S/c10-6-8-5-9(7-11-8)15(13,14)12-3-1-2-4-12/h5,7,11H,1-4,6H2. The predicted molar refractivity (Wildman–Crippen MR) is 58.3 cm³/mol. The van der Waals surface area contributed by atoms with Gasteiger partial charge in [-0.1, -0.05) is 0 Å². The maximum Gasteiger partial charge on any atom is 0.244 e. The Balaban J connectivity index is 2.28. The molecule has 0 unspecified atom stereocenters. The van der Waals surface area contributed by atoms with Gasteiger partial charge in [-0.3, -0.25) is 0 Å². The summed E-state index contributed by atoms with van der Waals surface area (Å²) in [4.78, 5) is 3.17. The quantitative estimate of drug-likeness (QED) is 0.825. The van der Waals surface area contributed by atoms with Crippen LogP contribution in [-0.4, -0.2) is 30.8 Å². The Morgan fingerprint density at radius 1 is 1.40 bits per heavy atom. The van der Waals surface area contributed by atoms with Gasteiger partial charge in [0.1, 0.15) is 0 Å². The first kappa shape index (κ1) is 11.0. The lowest BCUT2D eigenvalue weighted by Gasteiger charge is -2.13. The number of aromatic nitrogens is 1. The van der Waals surface area contributed by atoms with Crippen LogP contribution in [0.4, 0.5) is 0 Å². The van der Waals surface area contributed by atoms with E-state index >= 15 is 0 Å². The van der Waals surface area contributed by atoms with Gasteiger partial charge in [-0.05, 0) is 18.9 Å². The van der Waals surface area contributed by atoms with Crippen LogP contribution in [-0.2, 0) is 15.9 Å². The molecule has 2 heterocycles. The second-order valence-electron chi connectivity index (χ2n) is 3.61. The lowest BCUT2D eigenvalue weighted by atomic mass is 10.4. The van der Waals surface area contributed by atoms with Gasteiger partial charge in [0.2, 0.25) is 10.0 Å². The average molecular weight is 249 g/mol. The topological polar surface area (TPSA) is 53.2 Å². The van der Waals surface area contributed by atoms with Crippen LogP contribution in [0, 0.1) is 0 Å². The van der Waals surface area contributed by atoms with Crippen molar-refractivity contribution in [3.05, 3.63) is 18.0 Å². The maximum atomic E-state index is 12.0. The van der Waals surface area contributed by atoms with E-state index in [9.17, 15) is 8.42 Å².